The molecule has 0 saturated carbocycles. The first-order chi connectivity index (χ1) is 9.70. The first kappa shape index (κ1) is 16.1. The molecule has 1 aromatic heterocycles. The van der Waals surface area contributed by atoms with Crippen LogP contribution in [-0.4, -0.2) is 9.78 Å². The molecule has 0 N–H and O–H groups in total. The Morgan fingerprint density at radius 2 is 1.90 bits per heavy atom. The minimum atomic E-state index is 0.0582. The molecule has 0 unspecified atom stereocenters. The second kappa shape index (κ2) is 5.84. The molecule has 2 rings (SSSR count). The van der Waals surface area contributed by atoms with Crippen LogP contribution < -0.4 is 4.74 Å². The van der Waals surface area contributed by atoms with Gasteiger partial charge in [-0.3, -0.25) is 4.68 Å². The van der Waals surface area contributed by atoms with E-state index < -0.39 is 0 Å². The van der Waals surface area contributed by atoms with Crippen molar-refractivity contribution in [3.05, 3.63) is 45.2 Å². The highest BCUT2D eigenvalue weighted by Crippen LogP contribution is 2.33. The van der Waals surface area contributed by atoms with Gasteiger partial charge in [0, 0.05) is 7.05 Å². The number of benzene rings is 1. The maximum atomic E-state index is 6.11. The van der Waals surface area contributed by atoms with Gasteiger partial charge < -0.3 is 4.74 Å². The van der Waals surface area contributed by atoms with Crippen LogP contribution in [0, 0.1) is 13.8 Å². The summed E-state index contributed by atoms with van der Waals surface area (Å²) in [5.74, 6) is 0.952. The second-order valence-electron chi connectivity index (χ2n) is 6.51. The molecule has 0 aliphatic carbocycles. The Bertz CT molecular complexity index is 654. The average molecular weight is 351 g/mol. The summed E-state index contributed by atoms with van der Waals surface area (Å²) in [7, 11) is 1.94. The van der Waals surface area contributed by atoms with E-state index in [9.17, 15) is 0 Å². The Kier molecular flexibility index (Phi) is 4.47. The molecule has 0 aliphatic rings. The Hall–Kier alpha value is -1.29. The van der Waals surface area contributed by atoms with Gasteiger partial charge in [-0.25, -0.2) is 0 Å². The molecule has 1 aromatic carbocycles. The van der Waals surface area contributed by atoms with Gasteiger partial charge in [0.15, 0.2) is 0 Å². The molecule has 1 heterocycles. The van der Waals surface area contributed by atoms with E-state index in [-0.39, 0.29) is 5.41 Å². The fraction of sp³-hybridized carbons (Fsp3) is 0.471. The van der Waals surface area contributed by atoms with Crippen molar-refractivity contribution < 1.29 is 4.74 Å². The molecule has 0 fully saturated rings. The number of rotatable bonds is 3. The standard InChI is InChI=1S/C17H23BrN2O/c1-11-7-8-13(17(3,4)5)15(9-11)21-10-14-16(18)12(2)19-20(14)6/h7-9H,10H2,1-6H3. The molecule has 0 radical (unpaired) electrons. The van der Waals surface area contributed by atoms with E-state index in [0.29, 0.717) is 6.61 Å². The normalized spacial score (nSPS) is 11.8. The van der Waals surface area contributed by atoms with Crippen LogP contribution in [-0.2, 0) is 19.1 Å². The summed E-state index contributed by atoms with van der Waals surface area (Å²) in [4.78, 5) is 0. The Labute approximate surface area is 135 Å². The molecular weight excluding hydrogens is 328 g/mol. The summed E-state index contributed by atoms with van der Waals surface area (Å²) in [6.45, 7) is 11.2. The maximum Gasteiger partial charge on any atom is 0.131 e. The first-order valence-electron chi connectivity index (χ1n) is 7.12. The SMILES string of the molecule is Cc1ccc(C(C)(C)C)c(OCc2c(Br)c(C)nn2C)c1. The van der Waals surface area contributed by atoms with Gasteiger partial charge in [-0.05, 0) is 52.4 Å². The molecule has 3 nitrogen and oxygen atoms in total. The average Bonchev–Trinajstić information content (AvgIpc) is 2.60. The lowest BCUT2D eigenvalue weighted by atomic mass is 9.86. The lowest BCUT2D eigenvalue weighted by Gasteiger charge is -2.23. The van der Waals surface area contributed by atoms with Crippen LogP contribution >= 0.6 is 15.9 Å². The van der Waals surface area contributed by atoms with Crippen LogP contribution in [0.15, 0.2) is 22.7 Å². The van der Waals surface area contributed by atoms with Gasteiger partial charge in [-0.1, -0.05) is 32.9 Å². The van der Waals surface area contributed by atoms with E-state index in [0.717, 1.165) is 21.6 Å². The molecule has 4 heteroatoms. The Morgan fingerprint density at radius 1 is 1.24 bits per heavy atom. The highest BCUT2D eigenvalue weighted by atomic mass is 79.9. The number of ether oxygens (including phenoxy) is 1. The number of hydrogen-bond acceptors (Lipinski definition) is 2. The van der Waals surface area contributed by atoms with Gasteiger partial charge in [0.05, 0.1) is 15.9 Å². The van der Waals surface area contributed by atoms with Crippen LogP contribution in [0.1, 0.15) is 43.3 Å². The molecule has 21 heavy (non-hydrogen) atoms. The predicted octanol–water partition coefficient (Wildman–Crippen LogP) is 4.68. The van der Waals surface area contributed by atoms with Gasteiger partial charge >= 0.3 is 0 Å². The van der Waals surface area contributed by atoms with Crippen molar-refractivity contribution in [3.63, 3.8) is 0 Å². The van der Waals surface area contributed by atoms with Crippen LogP contribution in [0.25, 0.3) is 0 Å². The third-order valence-electron chi connectivity index (χ3n) is 3.57. The summed E-state index contributed by atoms with van der Waals surface area (Å²) >= 11 is 3.58. The Morgan fingerprint density at radius 3 is 2.43 bits per heavy atom. The highest BCUT2D eigenvalue weighted by Gasteiger charge is 2.20. The lowest BCUT2D eigenvalue weighted by molar-refractivity contribution is 0.286. The van der Waals surface area contributed by atoms with E-state index in [1.807, 2.05) is 18.7 Å². The van der Waals surface area contributed by atoms with Gasteiger partial charge in [-0.15, -0.1) is 0 Å². The van der Waals surface area contributed by atoms with Crippen LogP contribution in [0.2, 0.25) is 0 Å². The predicted molar refractivity (Wildman–Crippen MR) is 89.9 cm³/mol. The molecule has 2 aromatic rings. The number of halogens is 1. The van der Waals surface area contributed by atoms with Crippen molar-refractivity contribution >= 4 is 15.9 Å². The fourth-order valence-electron chi connectivity index (χ4n) is 2.35. The molecule has 0 saturated heterocycles. The van der Waals surface area contributed by atoms with Gasteiger partial charge in [-0.2, -0.15) is 5.10 Å². The number of hydrogen-bond donors (Lipinski definition) is 0. The minimum Gasteiger partial charge on any atom is -0.487 e. The molecule has 0 atom stereocenters. The molecule has 0 aliphatic heterocycles. The van der Waals surface area contributed by atoms with E-state index in [2.05, 4.69) is 66.9 Å². The third-order valence-corrected chi connectivity index (χ3v) is 4.60. The molecule has 0 bridgehead atoms. The summed E-state index contributed by atoms with van der Waals surface area (Å²) in [6.07, 6.45) is 0. The van der Waals surface area contributed by atoms with Crippen molar-refractivity contribution in [2.45, 2.75) is 46.6 Å². The summed E-state index contributed by atoms with van der Waals surface area (Å²) < 4.78 is 9.00. The van der Waals surface area contributed by atoms with Crippen molar-refractivity contribution in [2.24, 2.45) is 7.05 Å². The highest BCUT2D eigenvalue weighted by molar-refractivity contribution is 9.10. The van der Waals surface area contributed by atoms with E-state index in [1.165, 1.54) is 11.1 Å². The van der Waals surface area contributed by atoms with E-state index >= 15 is 0 Å². The molecular formula is C17H23BrN2O. The molecule has 114 valence electrons. The zero-order valence-electron chi connectivity index (χ0n) is 13.6. The van der Waals surface area contributed by atoms with Gasteiger partial charge in [0.2, 0.25) is 0 Å². The lowest BCUT2D eigenvalue weighted by Crippen LogP contribution is -2.14. The maximum absolute atomic E-state index is 6.11. The van der Waals surface area contributed by atoms with Gasteiger partial charge in [0.1, 0.15) is 12.4 Å². The quantitative estimate of drug-likeness (QED) is 0.803. The number of aryl methyl sites for hydroxylation is 3. The van der Waals surface area contributed by atoms with Crippen molar-refractivity contribution in [1.82, 2.24) is 9.78 Å². The summed E-state index contributed by atoms with van der Waals surface area (Å²) in [5.41, 5.74) is 4.52. The second-order valence-corrected chi connectivity index (χ2v) is 7.30. The minimum absolute atomic E-state index is 0.0582. The fourth-order valence-corrected chi connectivity index (χ4v) is 2.80. The zero-order valence-corrected chi connectivity index (χ0v) is 15.2. The Balaban J connectivity index is 2.30. The van der Waals surface area contributed by atoms with Crippen LogP contribution in [0.3, 0.4) is 0 Å². The molecule has 0 spiro atoms. The number of nitrogens with zero attached hydrogens (tertiary/aromatic N) is 2. The summed E-state index contributed by atoms with van der Waals surface area (Å²) in [5, 5.41) is 4.40. The van der Waals surface area contributed by atoms with E-state index in [4.69, 9.17) is 4.74 Å². The summed E-state index contributed by atoms with van der Waals surface area (Å²) in [6, 6.07) is 6.41. The van der Waals surface area contributed by atoms with Gasteiger partial charge in [0.25, 0.3) is 0 Å². The van der Waals surface area contributed by atoms with Crippen molar-refractivity contribution in [2.75, 3.05) is 0 Å². The smallest absolute Gasteiger partial charge is 0.131 e. The van der Waals surface area contributed by atoms with Crippen molar-refractivity contribution in [1.29, 1.82) is 0 Å². The topological polar surface area (TPSA) is 27.1 Å². The first-order valence-corrected chi connectivity index (χ1v) is 7.91. The third kappa shape index (κ3) is 3.49. The molecule has 0 amide bonds. The van der Waals surface area contributed by atoms with Crippen molar-refractivity contribution in [3.8, 4) is 5.75 Å². The van der Waals surface area contributed by atoms with E-state index in [1.54, 1.807) is 0 Å². The zero-order chi connectivity index (χ0) is 15.8. The monoisotopic (exact) mass is 350 g/mol. The van der Waals surface area contributed by atoms with Crippen LogP contribution in [0.4, 0.5) is 0 Å². The van der Waals surface area contributed by atoms with Crippen LogP contribution in [0.5, 0.6) is 5.75 Å². The number of aromatic nitrogens is 2. The largest absolute Gasteiger partial charge is 0.487 e.